The maximum atomic E-state index is 5.96. The summed E-state index contributed by atoms with van der Waals surface area (Å²) in [5, 5.41) is 0. The molecule has 0 aromatic carbocycles. The second kappa shape index (κ2) is 14.0. The summed E-state index contributed by atoms with van der Waals surface area (Å²) in [6.07, 6.45) is 6.59. The summed E-state index contributed by atoms with van der Waals surface area (Å²) in [7, 11) is 3.75. The third-order valence-electron chi connectivity index (χ3n) is 6.89. The number of ether oxygens (including phenoxy) is 3. The van der Waals surface area contributed by atoms with E-state index in [2.05, 4.69) is 19.6 Å². The van der Waals surface area contributed by atoms with Gasteiger partial charge in [0, 0.05) is 66.7 Å². The molecule has 4 bridgehead atoms. The largest absolute Gasteiger partial charge is 0.381 e. The second-order valence-corrected chi connectivity index (χ2v) is 9.30. The number of hydrogen-bond acceptors (Lipinski definition) is 7. The van der Waals surface area contributed by atoms with E-state index < -0.39 is 0 Å². The van der Waals surface area contributed by atoms with Crippen molar-refractivity contribution in [1.82, 2.24) is 19.6 Å². The molecular weight excluding hydrogens is 380 g/mol. The molecule has 0 spiro atoms. The molecule has 7 nitrogen and oxygen atoms in total. The molecule has 6 unspecified atom stereocenters. The Morgan fingerprint density at radius 3 is 1.10 bits per heavy atom. The Morgan fingerprint density at radius 1 is 0.500 bits per heavy atom. The van der Waals surface area contributed by atoms with Crippen LogP contribution in [0.15, 0.2) is 0 Å². The van der Waals surface area contributed by atoms with Gasteiger partial charge < -0.3 is 33.8 Å². The second-order valence-electron chi connectivity index (χ2n) is 9.30. The van der Waals surface area contributed by atoms with Gasteiger partial charge in [0.2, 0.25) is 0 Å². The van der Waals surface area contributed by atoms with Gasteiger partial charge in [-0.1, -0.05) is 0 Å². The van der Waals surface area contributed by atoms with Crippen molar-refractivity contribution in [1.29, 1.82) is 0 Å². The molecule has 0 aromatic heterocycles. The van der Waals surface area contributed by atoms with Crippen molar-refractivity contribution >= 4 is 0 Å². The third-order valence-corrected chi connectivity index (χ3v) is 6.89. The maximum Gasteiger partial charge on any atom is 0.0824 e. The number of nitrogens with zero attached hydrogens (tertiary/aromatic N) is 4. The third kappa shape index (κ3) is 8.69. The van der Waals surface area contributed by atoms with Crippen LogP contribution in [0.4, 0.5) is 0 Å². The highest BCUT2D eigenvalue weighted by Gasteiger charge is 2.23. The summed E-state index contributed by atoms with van der Waals surface area (Å²) in [6.45, 7) is 15.2. The summed E-state index contributed by atoms with van der Waals surface area (Å²) >= 11 is 0. The molecule has 176 valence electrons. The predicted molar refractivity (Wildman–Crippen MR) is 121 cm³/mol. The van der Waals surface area contributed by atoms with Crippen LogP contribution in [0.1, 0.15) is 32.1 Å². The molecule has 0 amide bonds. The highest BCUT2D eigenvalue weighted by molar-refractivity contribution is 4.78. The van der Waals surface area contributed by atoms with E-state index in [1.807, 2.05) is 14.2 Å². The standard InChI is InChI=1S/C23H46N4O3/c1-28-22-18-24-8-3-9-25-11-5-13-27(21-23(19-25)29-2)15-7-17-30-16-6-14-26(20-22)12-4-10-24/h22-23H,3-21H2,1-2H3. The molecule has 30 heavy (non-hydrogen) atoms. The van der Waals surface area contributed by atoms with Gasteiger partial charge in [-0.3, -0.25) is 0 Å². The van der Waals surface area contributed by atoms with E-state index in [4.69, 9.17) is 14.2 Å². The van der Waals surface area contributed by atoms with Gasteiger partial charge in [0.15, 0.2) is 0 Å². The predicted octanol–water partition coefficient (Wildman–Crippen LogP) is 1.23. The van der Waals surface area contributed by atoms with Crippen molar-refractivity contribution in [3.8, 4) is 0 Å². The van der Waals surface area contributed by atoms with Crippen LogP contribution in [0.5, 0.6) is 0 Å². The summed E-state index contributed by atoms with van der Waals surface area (Å²) in [6, 6.07) is 0. The quantitative estimate of drug-likeness (QED) is 0.658. The van der Waals surface area contributed by atoms with E-state index in [9.17, 15) is 0 Å². The zero-order valence-corrected chi connectivity index (χ0v) is 19.6. The van der Waals surface area contributed by atoms with Crippen LogP contribution < -0.4 is 0 Å². The Morgan fingerprint density at radius 2 is 0.800 bits per heavy atom. The van der Waals surface area contributed by atoms with E-state index in [1.54, 1.807) is 0 Å². The molecule has 0 saturated carbocycles. The SMILES string of the molecule is COC1CN2CCCOCCCN3CCCN(CCCN(CCC2)C1)CC(OC)C3. The number of methoxy groups -OCH3 is 2. The fourth-order valence-corrected chi connectivity index (χ4v) is 5.18. The first-order chi connectivity index (χ1) is 14.8. The van der Waals surface area contributed by atoms with Crippen LogP contribution in [0, 0.1) is 0 Å². The topological polar surface area (TPSA) is 40.7 Å². The molecule has 0 radical (unpaired) electrons. The van der Waals surface area contributed by atoms with Gasteiger partial charge in [-0.15, -0.1) is 0 Å². The Labute approximate surface area is 184 Å². The summed E-state index contributed by atoms with van der Waals surface area (Å²) < 4.78 is 17.7. The molecule has 6 saturated heterocycles. The Bertz CT molecular complexity index is 414. The van der Waals surface area contributed by atoms with Crippen LogP contribution >= 0.6 is 0 Å². The summed E-state index contributed by atoms with van der Waals surface area (Å²) in [5.74, 6) is 0. The van der Waals surface area contributed by atoms with Crippen molar-refractivity contribution in [3.63, 3.8) is 0 Å². The fourth-order valence-electron chi connectivity index (χ4n) is 5.18. The molecule has 7 heteroatoms. The lowest BCUT2D eigenvalue weighted by Gasteiger charge is -2.36. The first-order valence-corrected chi connectivity index (χ1v) is 12.3. The lowest BCUT2D eigenvalue weighted by atomic mass is 10.1. The van der Waals surface area contributed by atoms with Crippen LogP contribution in [0.3, 0.4) is 0 Å². The normalized spacial score (nSPS) is 38.6. The van der Waals surface area contributed by atoms with Gasteiger partial charge in [0.05, 0.1) is 12.2 Å². The maximum absolute atomic E-state index is 5.96. The zero-order valence-electron chi connectivity index (χ0n) is 19.6. The molecule has 6 aliphatic heterocycles. The van der Waals surface area contributed by atoms with Crippen LogP contribution in [0.25, 0.3) is 0 Å². The lowest BCUT2D eigenvalue weighted by molar-refractivity contribution is 0.00861. The van der Waals surface area contributed by atoms with Gasteiger partial charge in [-0.2, -0.15) is 0 Å². The van der Waals surface area contributed by atoms with Gasteiger partial charge >= 0.3 is 0 Å². The van der Waals surface area contributed by atoms with E-state index in [0.29, 0.717) is 12.2 Å². The minimum atomic E-state index is 0.308. The van der Waals surface area contributed by atoms with E-state index in [-0.39, 0.29) is 0 Å². The average Bonchev–Trinajstić information content (AvgIpc) is 2.71. The zero-order chi connectivity index (χ0) is 21.0. The molecule has 6 aliphatic rings. The van der Waals surface area contributed by atoms with E-state index >= 15 is 0 Å². The van der Waals surface area contributed by atoms with Crippen LogP contribution in [0.2, 0.25) is 0 Å². The Hall–Kier alpha value is -0.280. The molecule has 6 fully saturated rings. The Balaban J connectivity index is 1.59. The molecular formula is C23H46N4O3. The Kier molecular flexibility index (Phi) is 11.4. The van der Waals surface area contributed by atoms with Crippen LogP contribution in [-0.4, -0.2) is 138 Å². The molecule has 0 aliphatic carbocycles. The monoisotopic (exact) mass is 426 g/mol. The molecule has 0 N–H and O–H groups in total. The van der Waals surface area contributed by atoms with Crippen LogP contribution in [-0.2, 0) is 14.2 Å². The number of rotatable bonds is 2. The molecule has 0 aromatic rings. The van der Waals surface area contributed by atoms with Gasteiger partial charge in [-0.05, 0) is 71.4 Å². The smallest absolute Gasteiger partial charge is 0.0824 e. The molecule has 6 heterocycles. The summed E-state index contributed by atoms with van der Waals surface area (Å²) in [5.41, 5.74) is 0. The first kappa shape index (κ1) is 24.4. The van der Waals surface area contributed by atoms with Gasteiger partial charge in [0.25, 0.3) is 0 Å². The number of hydrogen-bond donors (Lipinski definition) is 0. The minimum absolute atomic E-state index is 0.308. The van der Waals surface area contributed by atoms with E-state index in [0.717, 1.165) is 65.3 Å². The highest BCUT2D eigenvalue weighted by Crippen LogP contribution is 2.12. The van der Waals surface area contributed by atoms with Gasteiger partial charge in [0.1, 0.15) is 0 Å². The minimum Gasteiger partial charge on any atom is -0.381 e. The summed E-state index contributed by atoms with van der Waals surface area (Å²) in [4.78, 5) is 10.4. The van der Waals surface area contributed by atoms with Crippen molar-refractivity contribution in [3.05, 3.63) is 0 Å². The van der Waals surface area contributed by atoms with Gasteiger partial charge in [-0.25, -0.2) is 0 Å². The van der Waals surface area contributed by atoms with Crippen molar-refractivity contribution < 1.29 is 14.2 Å². The first-order valence-electron chi connectivity index (χ1n) is 12.3. The molecule has 6 atom stereocenters. The highest BCUT2D eigenvalue weighted by atomic mass is 16.5. The molecule has 6 rings (SSSR count). The van der Waals surface area contributed by atoms with Crippen molar-refractivity contribution in [2.45, 2.75) is 44.3 Å². The van der Waals surface area contributed by atoms with E-state index in [1.165, 1.54) is 58.5 Å². The lowest BCUT2D eigenvalue weighted by Crippen LogP contribution is -2.48. The fraction of sp³-hybridized carbons (Fsp3) is 1.00. The average molecular weight is 427 g/mol. The van der Waals surface area contributed by atoms with Crippen molar-refractivity contribution in [2.24, 2.45) is 0 Å². The van der Waals surface area contributed by atoms with Crippen molar-refractivity contribution in [2.75, 3.05) is 106 Å².